The molecule has 0 aliphatic rings. The molecule has 0 saturated carbocycles. The predicted octanol–water partition coefficient (Wildman–Crippen LogP) is 13.3. The Morgan fingerprint density at radius 2 is 0.885 bits per heavy atom. The summed E-state index contributed by atoms with van der Waals surface area (Å²) in [6.45, 7) is 3.48. The number of esters is 1. The van der Waals surface area contributed by atoms with Gasteiger partial charge in [0.15, 0.2) is 0 Å². The Kier molecular flexibility index (Phi) is 44.3. The number of unbranched alkanes of at least 4 members (excludes halogenated alkanes) is 26. The lowest BCUT2D eigenvalue weighted by atomic mass is 10.0. The van der Waals surface area contributed by atoms with E-state index in [4.69, 9.17) is 14.9 Å². The first kappa shape index (κ1) is 58.1. The van der Waals surface area contributed by atoms with Crippen molar-refractivity contribution in [2.24, 2.45) is 0 Å². The Labute approximate surface area is 374 Å². The molecule has 0 saturated heterocycles. The van der Waals surface area contributed by atoms with Crippen LogP contribution in [0.1, 0.15) is 245 Å². The molecule has 0 fully saturated rings. The molecule has 354 valence electrons. The lowest BCUT2D eigenvalue weighted by Gasteiger charge is -2.18. The van der Waals surface area contributed by atoms with E-state index in [-0.39, 0.29) is 24.5 Å². The summed E-state index contributed by atoms with van der Waals surface area (Å²) >= 11 is 0. The van der Waals surface area contributed by atoms with E-state index in [0.29, 0.717) is 19.3 Å². The van der Waals surface area contributed by atoms with Crippen LogP contribution >= 0.6 is 0 Å². The van der Waals surface area contributed by atoms with E-state index < -0.39 is 24.5 Å². The fourth-order valence-corrected chi connectivity index (χ4v) is 7.49. The molecule has 2 amide bonds. The summed E-state index contributed by atoms with van der Waals surface area (Å²) in [5.41, 5.74) is 0. The number of aliphatic hydroxyl groups excluding tert-OH is 1. The van der Waals surface area contributed by atoms with Crippen molar-refractivity contribution in [3.8, 4) is 0 Å². The minimum atomic E-state index is -1.38. The highest BCUT2D eigenvalue weighted by atomic mass is 16.5. The molecule has 0 aromatic heterocycles. The van der Waals surface area contributed by atoms with E-state index in [1.807, 2.05) is 0 Å². The lowest BCUT2D eigenvalue weighted by Crippen LogP contribution is -2.47. The van der Waals surface area contributed by atoms with Gasteiger partial charge in [-0.25, -0.2) is 4.79 Å². The van der Waals surface area contributed by atoms with Gasteiger partial charge in [0.1, 0.15) is 12.1 Å². The van der Waals surface area contributed by atoms with Crippen LogP contribution in [-0.2, 0) is 23.9 Å². The van der Waals surface area contributed by atoms with Crippen molar-refractivity contribution < 1.29 is 34.1 Å². The van der Waals surface area contributed by atoms with Crippen LogP contribution in [0.25, 0.3) is 0 Å². The molecule has 9 nitrogen and oxygen atoms in total. The molecule has 0 bridgehead atoms. The molecule has 4 N–H and O–H groups in total. The molecule has 0 aromatic rings. The van der Waals surface area contributed by atoms with Gasteiger partial charge in [0.25, 0.3) is 0 Å². The second-order valence-corrected chi connectivity index (χ2v) is 17.3. The molecule has 0 aliphatic carbocycles. The van der Waals surface area contributed by atoms with Crippen LogP contribution < -0.4 is 10.6 Å². The van der Waals surface area contributed by atoms with Crippen molar-refractivity contribution in [1.82, 2.24) is 10.6 Å². The summed E-state index contributed by atoms with van der Waals surface area (Å²) in [6.07, 6.45) is 54.6. The monoisotopic (exact) mass is 859 g/mol. The zero-order valence-electron chi connectivity index (χ0n) is 39.4. The van der Waals surface area contributed by atoms with Gasteiger partial charge < -0.3 is 25.6 Å². The minimum Gasteiger partial charge on any atom is -0.480 e. The Bertz CT molecular complexity index is 1120. The third-order valence-corrected chi connectivity index (χ3v) is 11.4. The smallest absolute Gasteiger partial charge is 0.328 e. The topological polar surface area (TPSA) is 142 Å². The molecule has 0 aromatic carbocycles. The number of rotatable bonds is 46. The Morgan fingerprint density at radius 3 is 1.36 bits per heavy atom. The summed E-state index contributed by atoms with van der Waals surface area (Å²) < 4.78 is 6.06. The highest BCUT2D eigenvalue weighted by Crippen LogP contribution is 2.19. The average Bonchev–Trinajstić information content (AvgIpc) is 3.25. The zero-order valence-corrected chi connectivity index (χ0v) is 39.4. The van der Waals surface area contributed by atoms with E-state index >= 15 is 0 Å². The maximum Gasteiger partial charge on any atom is 0.328 e. The maximum atomic E-state index is 12.9. The number of nitrogens with one attached hydrogen (secondary N) is 2. The number of hydrogen-bond acceptors (Lipinski definition) is 6. The standard InChI is InChI=1S/C52H94N2O7/c1-3-5-7-9-11-13-15-17-19-20-21-22-23-25-27-29-31-36-40-44-51(58)61-47(41-37-33-30-28-26-24-18-16-14-12-10-8-6-4-2)42-38-34-32-35-39-43-49(56)53-45-50(57)54-48(46-55)52(59)60/h11,13,17,19,21-22,47-48,55H,3-10,12,14-16,18,20,23-46H2,1-2H3,(H,53,56)(H,54,57)(H,59,60)/b13-11-,19-17-,22-21-. The average molecular weight is 859 g/mol. The molecule has 9 heteroatoms. The number of amides is 2. The quantitative estimate of drug-likeness (QED) is 0.0271. The highest BCUT2D eigenvalue weighted by molar-refractivity contribution is 5.87. The van der Waals surface area contributed by atoms with Crippen LogP contribution in [0.4, 0.5) is 0 Å². The minimum absolute atomic E-state index is 0.0194. The zero-order chi connectivity index (χ0) is 44.7. The number of carbonyl (C=O) groups excluding carboxylic acids is 3. The maximum absolute atomic E-state index is 12.9. The van der Waals surface area contributed by atoms with Gasteiger partial charge in [0, 0.05) is 12.8 Å². The van der Waals surface area contributed by atoms with Crippen molar-refractivity contribution in [2.45, 2.75) is 257 Å². The number of carboxylic acids is 1. The number of carbonyl (C=O) groups is 4. The van der Waals surface area contributed by atoms with Gasteiger partial charge in [-0.1, -0.05) is 192 Å². The number of aliphatic hydroxyl groups is 1. The van der Waals surface area contributed by atoms with Gasteiger partial charge >= 0.3 is 11.9 Å². The summed E-state index contributed by atoms with van der Waals surface area (Å²) in [7, 11) is 0. The summed E-state index contributed by atoms with van der Waals surface area (Å²) in [5.74, 6) is -2.29. The highest BCUT2D eigenvalue weighted by Gasteiger charge is 2.19. The molecule has 0 rings (SSSR count). The van der Waals surface area contributed by atoms with Crippen LogP contribution in [0.5, 0.6) is 0 Å². The van der Waals surface area contributed by atoms with Crippen molar-refractivity contribution in [2.75, 3.05) is 13.2 Å². The first-order chi connectivity index (χ1) is 29.8. The fourth-order valence-electron chi connectivity index (χ4n) is 7.49. The molecule has 61 heavy (non-hydrogen) atoms. The molecule has 0 spiro atoms. The van der Waals surface area contributed by atoms with E-state index in [9.17, 15) is 19.2 Å². The number of aliphatic carboxylic acids is 1. The Morgan fingerprint density at radius 1 is 0.492 bits per heavy atom. The number of ether oxygens (including phenoxy) is 1. The summed E-state index contributed by atoms with van der Waals surface area (Å²) in [5, 5.41) is 22.6. The Balaban J connectivity index is 4.32. The lowest BCUT2D eigenvalue weighted by molar-refractivity contribution is -0.150. The molecule has 0 heterocycles. The Hall–Kier alpha value is -2.94. The van der Waals surface area contributed by atoms with Crippen LogP contribution in [0, 0.1) is 0 Å². The van der Waals surface area contributed by atoms with Crippen LogP contribution in [-0.4, -0.2) is 59.3 Å². The molecular weight excluding hydrogens is 765 g/mol. The third-order valence-electron chi connectivity index (χ3n) is 11.4. The fraction of sp³-hybridized carbons (Fsp3) is 0.808. The van der Waals surface area contributed by atoms with Crippen molar-refractivity contribution >= 4 is 23.8 Å². The first-order valence-electron chi connectivity index (χ1n) is 25.4. The summed E-state index contributed by atoms with van der Waals surface area (Å²) in [4.78, 5) is 47.8. The predicted molar refractivity (Wildman–Crippen MR) is 255 cm³/mol. The van der Waals surface area contributed by atoms with Crippen LogP contribution in [0.15, 0.2) is 36.5 Å². The number of carboxylic acid groups (broad SMARTS) is 1. The second kappa shape index (κ2) is 46.6. The van der Waals surface area contributed by atoms with Gasteiger partial charge in [-0.3, -0.25) is 14.4 Å². The van der Waals surface area contributed by atoms with Gasteiger partial charge in [-0.05, 0) is 77.0 Å². The van der Waals surface area contributed by atoms with E-state index in [0.717, 1.165) is 77.0 Å². The second-order valence-electron chi connectivity index (χ2n) is 17.3. The molecule has 2 unspecified atom stereocenters. The first-order valence-corrected chi connectivity index (χ1v) is 25.4. The molecule has 0 aliphatic heterocycles. The normalized spacial score (nSPS) is 12.7. The molecule has 0 radical (unpaired) electrons. The number of allylic oxidation sites excluding steroid dienone is 6. The van der Waals surface area contributed by atoms with Crippen molar-refractivity contribution in [3.05, 3.63) is 36.5 Å². The molecule has 2 atom stereocenters. The molecular formula is C52H94N2O7. The number of hydrogen-bond donors (Lipinski definition) is 4. The summed E-state index contributed by atoms with van der Waals surface area (Å²) in [6, 6.07) is -1.38. The van der Waals surface area contributed by atoms with E-state index in [2.05, 4.69) is 60.9 Å². The van der Waals surface area contributed by atoms with E-state index in [1.165, 1.54) is 135 Å². The SMILES string of the molecule is CCCCC/C=C\C/C=C\C/C=C\CCCCCCCCC(=O)OC(CCCCCCCCCCCCCCCC)CCCCCCCC(=O)NCC(=O)NC(CO)C(=O)O. The van der Waals surface area contributed by atoms with Crippen LogP contribution in [0.3, 0.4) is 0 Å². The van der Waals surface area contributed by atoms with E-state index in [1.54, 1.807) is 0 Å². The van der Waals surface area contributed by atoms with Gasteiger partial charge in [-0.2, -0.15) is 0 Å². The van der Waals surface area contributed by atoms with Crippen molar-refractivity contribution in [1.29, 1.82) is 0 Å². The van der Waals surface area contributed by atoms with Gasteiger partial charge in [0.2, 0.25) is 11.8 Å². The van der Waals surface area contributed by atoms with Gasteiger partial charge in [0.05, 0.1) is 13.2 Å². The van der Waals surface area contributed by atoms with Crippen LogP contribution in [0.2, 0.25) is 0 Å². The largest absolute Gasteiger partial charge is 0.480 e. The van der Waals surface area contributed by atoms with Gasteiger partial charge in [-0.15, -0.1) is 0 Å². The van der Waals surface area contributed by atoms with Crippen molar-refractivity contribution in [3.63, 3.8) is 0 Å². The third kappa shape index (κ3) is 43.5.